The van der Waals surface area contributed by atoms with Crippen molar-refractivity contribution in [1.29, 1.82) is 0 Å². The first-order chi connectivity index (χ1) is 15.8. The highest BCUT2D eigenvalue weighted by Gasteiger charge is 2.40. The Balaban J connectivity index is 1.25. The summed E-state index contributed by atoms with van der Waals surface area (Å²) in [5.74, 6) is 0.948. The second-order valence-corrected chi connectivity index (χ2v) is 9.11. The summed E-state index contributed by atoms with van der Waals surface area (Å²) >= 11 is 0. The Labute approximate surface area is 190 Å². The molecule has 2 aromatic carbocycles. The van der Waals surface area contributed by atoms with Crippen molar-refractivity contribution in [1.82, 2.24) is 9.88 Å². The van der Waals surface area contributed by atoms with Gasteiger partial charge in [0.1, 0.15) is 12.4 Å². The summed E-state index contributed by atoms with van der Waals surface area (Å²) in [6, 6.07) is 23.6. The molecule has 0 spiro atoms. The van der Waals surface area contributed by atoms with Crippen LogP contribution in [-0.4, -0.2) is 27.8 Å². The van der Waals surface area contributed by atoms with Gasteiger partial charge in [-0.25, -0.2) is 0 Å². The van der Waals surface area contributed by atoms with Crippen LogP contribution in [0.15, 0.2) is 79.1 Å². The van der Waals surface area contributed by atoms with E-state index in [2.05, 4.69) is 40.2 Å². The average molecular weight is 427 g/mol. The first-order valence-corrected chi connectivity index (χ1v) is 11.7. The number of Topliss-reactive ketones (excluding diaryl/α,β-unsaturated/α-hetero) is 1. The van der Waals surface area contributed by atoms with Crippen molar-refractivity contribution in [3.63, 3.8) is 0 Å². The smallest absolute Gasteiger partial charge is 0.167 e. The van der Waals surface area contributed by atoms with Crippen molar-refractivity contribution in [2.24, 2.45) is 5.92 Å². The van der Waals surface area contributed by atoms with Gasteiger partial charge in [0.15, 0.2) is 5.78 Å². The van der Waals surface area contributed by atoms with Gasteiger partial charge in [-0.3, -0.25) is 14.7 Å². The van der Waals surface area contributed by atoms with Crippen LogP contribution in [0, 0.1) is 5.92 Å². The molecule has 3 aromatic rings. The Bertz CT molecular complexity index is 1020. The van der Waals surface area contributed by atoms with E-state index >= 15 is 0 Å². The molecule has 2 fully saturated rings. The molecular weight excluding hydrogens is 396 g/mol. The number of ketones is 1. The van der Waals surface area contributed by atoms with Crippen molar-refractivity contribution < 1.29 is 9.53 Å². The van der Waals surface area contributed by atoms with Gasteiger partial charge < -0.3 is 4.74 Å². The third-order valence-electron chi connectivity index (χ3n) is 6.95. The van der Waals surface area contributed by atoms with Crippen molar-refractivity contribution >= 4 is 5.78 Å². The number of fused-ring (bicyclic) bond motifs is 2. The molecule has 2 unspecified atom stereocenters. The highest BCUT2D eigenvalue weighted by Crippen LogP contribution is 2.39. The molecule has 0 saturated carbocycles. The molecule has 2 saturated heterocycles. The minimum absolute atomic E-state index is 0.0727. The Morgan fingerprint density at radius 2 is 1.56 bits per heavy atom. The molecule has 2 aliphatic heterocycles. The fraction of sp³-hybridized carbons (Fsp3) is 0.357. The number of carbonyl (C=O) groups excluding carboxylic acids is 1. The van der Waals surface area contributed by atoms with Gasteiger partial charge in [-0.15, -0.1) is 0 Å². The summed E-state index contributed by atoms with van der Waals surface area (Å²) in [6.07, 6.45) is 8.92. The maximum Gasteiger partial charge on any atom is 0.167 e. The van der Waals surface area contributed by atoms with Gasteiger partial charge >= 0.3 is 0 Å². The monoisotopic (exact) mass is 426 g/mol. The van der Waals surface area contributed by atoms with E-state index in [-0.39, 0.29) is 11.7 Å². The number of pyridine rings is 1. The van der Waals surface area contributed by atoms with Gasteiger partial charge in [-0.05, 0) is 42.9 Å². The Kier molecular flexibility index (Phi) is 6.31. The molecule has 4 heteroatoms. The van der Waals surface area contributed by atoms with E-state index in [0.29, 0.717) is 30.0 Å². The standard InChI is InChI=1S/C28H30N2O2/c31-28(24-16-27(18-29-17-24)32-20-22-10-5-2-6-11-22)23-14-25-12-7-13-26(15-23)30(25)19-21-8-3-1-4-9-21/h1-6,8-11,16-18,23,25-26H,7,12-15,19-20H2. The predicted octanol–water partition coefficient (Wildman–Crippen LogP) is 5.68. The maximum atomic E-state index is 13.4. The van der Waals surface area contributed by atoms with Gasteiger partial charge in [0.2, 0.25) is 0 Å². The summed E-state index contributed by atoms with van der Waals surface area (Å²) < 4.78 is 5.91. The number of piperidine rings is 2. The lowest BCUT2D eigenvalue weighted by molar-refractivity contribution is 0.00904. The molecule has 1 aromatic heterocycles. The lowest BCUT2D eigenvalue weighted by Gasteiger charge is -2.48. The third kappa shape index (κ3) is 4.76. The molecular formula is C28H30N2O2. The molecule has 0 amide bonds. The summed E-state index contributed by atoms with van der Waals surface area (Å²) in [5.41, 5.74) is 3.14. The maximum absolute atomic E-state index is 13.4. The van der Waals surface area contributed by atoms with Gasteiger partial charge in [-0.2, -0.15) is 0 Å². The lowest BCUT2D eigenvalue weighted by Crippen LogP contribution is -2.52. The van der Waals surface area contributed by atoms with Crippen molar-refractivity contribution in [2.75, 3.05) is 0 Å². The molecule has 32 heavy (non-hydrogen) atoms. The highest BCUT2D eigenvalue weighted by atomic mass is 16.5. The number of benzene rings is 2. The number of rotatable bonds is 7. The number of aromatic nitrogens is 1. The highest BCUT2D eigenvalue weighted by molar-refractivity contribution is 5.98. The summed E-state index contributed by atoms with van der Waals surface area (Å²) in [7, 11) is 0. The molecule has 0 radical (unpaired) electrons. The lowest BCUT2D eigenvalue weighted by atomic mass is 9.75. The Hall–Kier alpha value is -2.98. The quantitative estimate of drug-likeness (QED) is 0.456. The van der Waals surface area contributed by atoms with Gasteiger partial charge in [0.25, 0.3) is 0 Å². The van der Waals surface area contributed by atoms with Crippen molar-refractivity contribution in [3.8, 4) is 5.75 Å². The zero-order valence-corrected chi connectivity index (χ0v) is 18.4. The molecule has 4 nitrogen and oxygen atoms in total. The molecule has 2 atom stereocenters. The van der Waals surface area contributed by atoms with E-state index in [0.717, 1.165) is 24.9 Å². The minimum Gasteiger partial charge on any atom is -0.487 e. The molecule has 2 bridgehead atoms. The number of hydrogen-bond donors (Lipinski definition) is 0. The zero-order valence-electron chi connectivity index (χ0n) is 18.4. The van der Waals surface area contributed by atoms with Crippen LogP contribution in [0.3, 0.4) is 0 Å². The molecule has 3 heterocycles. The van der Waals surface area contributed by atoms with Crippen LogP contribution in [-0.2, 0) is 13.2 Å². The fourth-order valence-corrected chi connectivity index (χ4v) is 5.35. The predicted molar refractivity (Wildman–Crippen MR) is 125 cm³/mol. The van der Waals surface area contributed by atoms with Crippen LogP contribution >= 0.6 is 0 Å². The molecule has 0 aliphatic carbocycles. The second-order valence-electron chi connectivity index (χ2n) is 9.11. The summed E-state index contributed by atoms with van der Waals surface area (Å²) in [5, 5.41) is 0. The first-order valence-electron chi connectivity index (χ1n) is 11.7. The largest absolute Gasteiger partial charge is 0.487 e. The van der Waals surface area contributed by atoms with E-state index in [4.69, 9.17) is 4.74 Å². The Morgan fingerprint density at radius 1 is 0.906 bits per heavy atom. The summed E-state index contributed by atoms with van der Waals surface area (Å²) in [6.45, 7) is 1.46. The minimum atomic E-state index is 0.0727. The fourth-order valence-electron chi connectivity index (χ4n) is 5.35. The van der Waals surface area contributed by atoms with Crippen LogP contribution in [0.1, 0.15) is 53.6 Å². The van der Waals surface area contributed by atoms with Crippen molar-refractivity contribution in [2.45, 2.75) is 57.3 Å². The van der Waals surface area contributed by atoms with Crippen LogP contribution in [0.2, 0.25) is 0 Å². The van der Waals surface area contributed by atoms with E-state index in [1.54, 1.807) is 12.4 Å². The van der Waals surface area contributed by atoms with Crippen LogP contribution in [0.5, 0.6) is 5.75 Å². The normalized spacial score (nSPS) is 22.9. The van der Waals surface area contributed by atoms with Gasteiger partial charge in [0.05, 0.1) is 6.20 Å². The number of ether oxygens (including phenoxy) is 1. The Morgan fingerprint density at radius 3 is 2.25 bits per heavy atom. The first kappa shape index (κ1) is 20.9. The second kappa shape index (κ2) is 9.66. The molecule has 2 aliphatic rings. The molecule has 164 valence electrons. The van der Waals surface area contributed by atoms with Crippen LogP contribution in [0.25, 0.3) is 0 Å². The van der Waals surface area contributed by atoms with Crippen LogP contribution in [0.4, 0.5) is 0 Å². The van der Waals surface area contributed by atoms with E-state index in [1.165, 1.54) is 24.8 Å². The van der Waals surface area contributed by atoms with E-state index < -0.39 is 0 Å². The topological polar surface area (TPSA) is 42.4 Å². The third-order valence-corrected chi connectivity index (χ3v) is 6.95. The van der Waals surface area contributed by atoms with Gasteiger partial charge in [0, 0.05) is 36.3 Å². The van der Waals surface area contributed by atoms with E-state index in [1.807, 2.05) is 36.4 Å². The number of hydrogen-bond acceptors (Lipinski definition) is 4. The number of nitrogens with zero attached hydrogens (tertiary/aromatic N) is 2. The molecule has 5 rings (SSSR count). The SMILES string of the molecule is O=C(c1cncc(OCc2ccccc2)c1)C1CC2CCCC(C1)N2Cc1ccccc1. The van der Waals surface area contributed by atoms with E-state index in [9.17, 15) is 4.79 Å². The average Bonchev–Trinajstić information content (AvgIpc) is 2.84. The van der Waals surface area contributed by atoms with Crippen LogP contribution < -0.4 is 4.74 Å². The number of carbonyl (C=O) groups is 1. The molecule has 0 N–H and O–H groups in total. The summed E-state index contributed by atoms with van der Waals surface area (Å²) in [4.78, 5) is 20.4. The van der Waals surface area contributed by atoms with Crippen molar-refractivity contribution in [3.05, 3.63) is 95.8 Å². The van der Waals surface area contributed by atoms with Gasteiger partial charge in [-0.1, -0.05) is 67.1 Å². The zero-order chi connectivity index (χ0) is 21.8.